The predicted octanol–water partition coefficient (Wildman–Crippen LogP) is 3.74. The predicted molar refractivity (Wildman–Crippen MR) is 125 cm³/mol. The first-order valence-electron chi connectivity index (χ1n) is 12.0. The first kappa shape index (κ1) is 21.9. The van der Waals surface area contributed by atoms with E-state index in [1.807, 2.05) is 39.8 Å². The van der Waals surface area contributed by atoms with Crippen molar-refractivity contribution in [2.75, 3.05) is 0 Å². The highest BCUT2D eigenvalue weighted by Crippen LogP contribution is 2.41. The second kappa shape index (κ2) is 7.47. The molecule has 0 amide bonds. The Morgan fingerprint density at radius 3 is 1.26 bits per heavy atom. The Labute approximate surface area is 199 Å². The highest BCUT2D eigenvalue weighted by Gasteiger charge is 2.46. The third-order valence-corrected chi connectivity index (χ3v) is 7.34. The van der Waals surface area contributed by atoms with Gasteiger partial charge in [-0.25, -0.2) is 0 Å². The van der Waals surface area contributed by atoms with Gasteiger partial charge in [-0.05, 0) is 63.1 Å². The van der Waals surface area contributed by atoms with Crippen molar-refractivity contribution in [3.05, 3.63) is 57.6 Å². The third-order valence-electron chi connectivity index (χ3n) is 7.34. The number of hydrogen-bond acceptors (Lipinski definition) is 6. The van der Waals surface area contributed by atoms with Gasteiger partial charge in [0, 0.05) is 47.9 Å². The molecule has 2 aliphatic carbocycles. The molecule has 2 fully saturated rings. The summed E-state index contributed by atoms with van der Waals surface area (Å²) in [5.41, 5.74) is 5.61. The van der Waals surface area contributed by atoms with E-state index in [1.165, 1.54) is 0 Å². The minimum atomic E-state index is -0.623. The van der Waals surface area contributed by atoms with E-state index in [9.17, 15) is 10.2 Å². The standard InChI is InChI=1S/C28H30O6/c1-27(2)31-23-11-17-15(7-9-21(29)19(17)13-25(23)33-27)5-6-16-8-10-22(30)20-14-26-24(12-18(16)20)32-28(3,4)34-26/h7-10,23-26,29-30H,11-14H2,1-4H3/t23-,24-,25+,26+/m1/s1. The van der Waals surface area contributed by atoms with Crippen LogP contribution in [0.1, 0.15) is 61.1 Å². The maximum absolute atomic E-state index is 10.5. The van der Waals surface area contributed by atoms with Crippen molar-refractivity contribution in [3.8, 4) is 23.3 Å². The molecule has 0 spiro atoms. The molecule has 0 unspecified atom stereocenters. The van der Waals surface area contributed by atoms with Gasteiger partial charge in [0.2, 0.25) is 0 Å². The van der Waals surface area contributed by atoms with Crippen LogP contribution in [-0.2, 0) is 44.6 Å². The van der Waals surface area contributed by atoms with Crippen LogP contribution < -0.4 is 0 Å². The van der Waals surface area contributed by atoms with Crippen LogP contribution in [0.5, 0.6) is 11.5 Å². The molecule has 4 atom stereocenters. The highest BCUT2D eigenvalue weighted by atomic mass is 16.8. The van der Waals surface area contributed by atoms with Crippen LogP contribution in [0.4, 0.5) is 0 Å². The van der Waals surface area contributed by atoms with Gasteiger partial charge < -0.3 is 29.2 Å². The minimum Gasteiger partial charge on any atom is -0.508 e. The van der Waals surface area contributed by atoms with Gasteiger partial charge in [0.25, 0.3) is 0 Å². The molecular formula is C28H30O6. The Hall–Kier alpha value is -2.56. The van der Waals surface area contributed by atoms with Gasteiger partial charge in [0.05, 0.1) is 24.4 Å². The van der Waals surface area contributed by atoms with Crippen LogP contribution in [0.15, 0.2) is 24.3 Å². The van der Waals surface area contributed by atoms with Crippen molar-refractivity contribution >= 4 is 0 Å². The number of ether oxygens (including phenoxy) is 4. The van der Waals surface area contributed by atoms with Crippen molar-refractivity contribution in [3.63, 3.8) is 0 Å². The fraction of sp³-hybridized carbons (Fsp3) is 0.500. The van der Waals surface area contributed by atoms with Gasteiger partial charge in [-0.15, -0.1) is 0 Å². The van der Waals surface area contributed by atoms with Crippen LogP contribution in [0.25, 0.3) is 0 Å². The molecule has 2 aromatic carbocycles. The Morgan fingerprint density at radius 2 is 0.912 bits per heavy atom. The highest BCUT2D eigenvalue weighted by molar-refractivity contribution is 5.58. The quantitative estimate of drug-likeness (QED) is 0.581. The molecule has 6 rings (SSSR count). The Morgan fingerprint density at radius 1 is 0.588 bits per heavy atom. The summed E-state index contributed by atoms with van der Waals surface area (Å²) in [5, 5.41) is 21.1. The zero-order valence-corrected chi connectivity index (χ0v) is 20.0. The Balaban J connectivity index is 1.35. The van der Waals surface area contributed by atoms with Crippen molar-refractivity contribution in [1.29, 1.82) is 0 Å². The van der Waals surface area contributed by atoms with Crippen molar-refractivity contribution < 1.29 is 29.2 Å². The number of phenolic OH excluding ortho intramolecular Hbond substituents is 2. The number of aromatic hydroxyl groups is 2. The lowest BCUT2D eigenvalue weighted by Gasteiger charge is -2.27. The van der Waals surface area contributed by atoms with E-state index in [2.05, 4.69) is 11.8 Å². The van der Waals surface area contributed by atoms with E-state index in [0.29, 0.717) is 25.7 Å². The van der Waals surface area contributed by atoms with Crippen LogP contribution >= 0.6 is 0 Å². The van der Waals surface area contributed by atoms with Crippen LogP contribution in [0, 0.1) is 11.8 Å². The second-order valence-corrected chi connectivity index (χ2v) is 10.7. The van der Waals surface area contributed by atoms with E-state index >= 15 is 0 Å². The van der Waals surface area contributed by atoms with Gasteiger partial charge in [-0.3, -0.25) is 0 Å². The van der Waals surface area contributed by atoms with Crippen molar-refractivity contribution in [1.82, 2.24) is 0 Å². The first-order chi connectivity index (χ1) is 16.1. The molecule has 2 aliphatic heterocycles. The maximum atomic E-state index is 10.5. The minimum absolute atomic E-state index is 0.0499. The van der Waals surface area contributed by atoms with Crippen LogP contribution in [-0.4, -0.2) is 46.2 Å². The van der Waals surface area contributed by atoms with Crippen LogP contribution in [0.2, 0.25) is 0 Å². The fourth-order valence-electron chi connectivity index (χ4n) is 5.97. The fourth-order valence-corrected chi connectivity index (χ4v) is 5.97. The molecule has 4 aliphatic rings. The van der Waals surface area contributed by atoms with Gasteiger partial charge in [-0.1, -0.05) is 11.8 Å². The van der Waals surface area contributed by atoms with E-state index in [1.54, 1.807) is 12.1 Å². The van der Waals surface area contributed by atoms with Crippen molar-refractivity contribution in [2.45, 2.75) is 89.4 Å². The van der Waals surface area contributed by atoms with E-state index in [4.69, 9.17) is 18.9 Å². The summed E-state index contributed by atoms with van der Waals surface area (Å²) in [4.78, 5) is 0. The third kappa shape index (κ3) is 3.68. The molecule has 6 heteroatoms. The number of phenols is 2. The Kier molecular flexibility index (Phi) is 4.82. The largest absolute Gasteiger partial charge is 0.508 e. The van der Waals surface area contributed by atoms with Crippen LogP contribution in [0.3, 0.4) is 0 Å². The zero-order chi connectivity index (χ0) is 23.8. The number of benzene rings is 2. The SMILES string of the molecule is CC1(C)O[C@H]2Cc3c(O)ccc(C#Cc4ccc(O)c5c4C[C@H]4OC(C)(C)O[C@H]4C5)c3C[C@H]2O1. The molecule has 0 aromatic heterocycles. The molecule has 0 radical (unpaired) electrons. The topological polar surface area (TPSA) is 77.4 Å². The molecule has 6 nitrogen and oxygen atoms in total. The summed E-state index contributed by atoms with van der Waals surface area (Å²) in [6.45, 7) is 7.70. The van der Waals surface area contributed by atoms with E-state index < -0.39 is 11.6 Å². The molecule has 2 heterocycles. The zero-order valence-electron chi connectivity index (χ0n) is 20.0. The second-order valence-electron chi connectivity index (χ2n) is 10.7. The molecule has 2 N–H and O–H groups in total. The number of fused-ring (bicyclic) bond motifs is 4. The van der Waals surface area contributed by atoms with Gasteiger partial charge in [0.1, 0.15) is 11.5 Å². The molecular weight excluding hydrogens is 432 g/mol. The summed E-state index contributed by atoms with van der Waals surface area (Å²) >= 11 is 0. The summed E-state index contributed by atoms with van der Waals surface area (Å²) in [6, 6.07) is 7.18. The van der Waals surface area contributed by atoms with Gasteiger partial charge >= 0.3 is 0 Å². The normalized spacial score (nSPS) is 29.9. The summed E-state index contributed by atoms with van der Waals surface area (Å²) in [6.07, 6.45) is 2.29. The maximum Gasteiger partial charge on any atom is 0.163 e. The molecule has 0 saturated carbocycles. The molecule has 0 bridgehead atoms. The number of hydrogen-bond donors (Lipinski definition) is 2. The Bertz CT molecular complexity index is 1140. The summed E-state index contributed by atoms with van der Waals surface area (Å²) in [5.74, 6) is 6.02. The monoisotopic (exact) mass is 462 g/mol. The lowest BCUT2D eigenvalue weighted by atomic mass is 9.83. The molecule has 34 heavy (non-hydrogen) atoms. The van der Waals surface area contributed by atoms with Crippen molar-refractivity contribution in [2.24, 2.45) is 0 Å². The van der Waals surface area contributed by atoms with Gasteiger partial charge in [0.15, 0.2) is 11.6 Å². The summed E-state index contributed by atoms with van der Waals surface area (Å²) < 4.78 is 24.3. The molecule has 178 valence electrons. The van der Waals surface area contributed by atoms with E-state index in [-0.39, 0.29) is 35.9 Å². The van der Waals surface area contributed by atoms with E-state index in [0.717, 1.165) is 33.4 Å². The molecule has 2 aromatic rings. The lowest BCUT2D eigenvalue weighted by Crippen LogP contribution is -2.32. The average Bonchev–Trinajstić information content (AvgIpc) is 3.23. The smallest absolute Gasteiger partial charge is 0.163 e. The first-order valence-corrected chi connectivity index (χ1v) is 12.0. The summed E-state index contributed by atoms with van der Waals surface area (Å²) in [7, 11) is 0. The van der Waals surface area contributed by atoms with Gasteiger partial charge in [-0.2, -0.15) is 0 Å². The number of rotatable bonds is 0. The molecule has 2 saturated heterocycles. The lowest BCUT2D eigenvalue weighted by molar-refractivity contribution is -0.145. The average molecular weight is 463 g/mol.